The molecule has 0 saturated heterocycles. The van der Waals surface area contributed by atoms with Crippen LogP contribution in [0, 0.1) is 5.92 Å². The molecule has 96 valence electrons. The van der Waals surface area contributed by atoms with Crippen molar-refractivity contribution in [2.75, 3.05) is 0 Å². The molecule has 0 fully saturated rings. The molecule has 2 aromatic heterocycles. The lowest BCUT2D eigenvalue weighted by Crippen LogP contribution is -2.22. The van der Waals surface area contributed by atoms with E-state index >= 15 is 0 Å². The summed E-state index contributed by atoms with van der Waals surface area (Å²) < 4.78 is 5.45. The third-order valence-electron chi connectivity index (χ3n) is 2.22. The molecule has 2 heterocycles. The normalized spacial score (nSPS) is 12.8. The van der Waals surface area contributed by atoms with Crippen molar-refractivity contribution in [3.63, 3.8) is 0 Å². The fourth-order valence-corrected chi connectivity index (χ4v) is 2.79. The molecule has 0 aliphatic carbocycles. The molecule has 5 nitrogen and oxygen atoms in total. The Morgan fingerprint density at radius 1 is 1.50 bits per heavy atom. The molecule has 0 saturated carbocycles. The number of aliphatic carboxylic acids is 1. The quantitative estimate of drug-likeness (QED) is 0.851. The summed E-state index contributed by atoms with van der Waals surface area (Å²) in [4.78, 5) is 12.0. The Kier molecular flexibility index (Phi) is 4.03. The fraction of sp³-hybridized carbons (Fsp3) is 0.364. The van der Waals surface area contributed by atoms with E-state index in [9.17, 15) is 4.79 Å². The highest BCUT2D eigenvalue weighted by molar-refractivity contribution is 8.00. The molecule has 0 bridgehead atoms. The van der Waals surface area contributed by atoms with E-state index in [-0.39, 0.29) is 5.92 Å². The molecule has 1 N–H and O–H groups in total. The number of aromatic nitrogens is 2. The average Bonchev–Trinajstić information content (AvgIpc) is 2.95. The van der Waals surface area contributed by atoms with Crippen LogP contribution in [0.15, 0.2) is 27.2 Å². The lowest BCUT2D eigenvalue weighted by atomic mass is 10.1. The van der Waals surface area contributed by atoms with Crippen molar-refractivity contribution < 1.29 is 14.3 Å². The number of rotatable bonds is 5. The first-order valence-corrected chi connectivity index (χ1v) is 7.10. The van der Waals surface area contributed by atoms with Crippen molar-refractivity contribution in [2.45, 2.75) is 24.3 Å². The van der Waals surface area contributed by atoms with Crippen LogP contribution < -0.4 is 0 Å². The van der Waals surface area contributed by atoms with E-state index in [1.165, 1.54) is 11.3 Å². The summed E-state index contributed by atoms with van der Waals surface area (Å²) in [7, 11) is 0. The van der Waals surface area contributed by atoms with E-state index in [0.29, 0.717) is 11.1 Å². The number of carboxylic acids is 1. The third kappa shape index (κ3) is 2.91. The molecule has 0 spiro atoms. The molecule has 2 aromatic rings. The van der Waals surface area contributed by atoms with Gasteiger partial charge in [-0.05, 0) is 29.1 Å². The van der Waals surface area contributed by atoms with Crippen LogP contribution in [0.25, 0.3) is 10.8 Å². The van der Waals surface area contributed by atoms with Crippen molar-refractivity contribution in [1.82, 2.24) is 10.2 Å². The Morgan fingerprint density at radius 3 is 2.83 bits per heavy atom. The summed E-state index contributed by atoms with van der Waals surface area (Å²) in [5.41, 5.74) is 0. The average molecular weight is 284 g/mol. The smallest absolute Gasteiger partial charge is 0.317 e. The van der Waals surface area contributed by atoms with E-state index in [1.54, 1.807) is 0 Å². The molecule has 0 aliphatic rings. The minimum absolute atomic E-state index is 0.00964. The highest BCUT2D eigenvalue weighted by atomic mass is 32.2. The SMILES string of the molecule is CC(C)C(Sc1nnc(-c2cccs2)o1)C(=O)O. The first-order valence-electron chi connectivity index (χ1n) is 5.34. The van der Waals surface area contributed by atoms with Crippen LogP contribution in [0.3, 0.4) is 0 Å². The predicted molar refractivity (Wildman–Crippen MR) is 69.7 cm³/mol. The second kappa shape index (κ2) is 5.53. The van der Waals surface area contributed by atoms with Gasteiger partial charge in [0, 0.05) is 0 Å². The second-order valence-electron chi connectivity index (χ2n) is 3.97. The number of carbonyl (C=O) groups is 1. The Morgan fingerprint density at radius 2 is 2.28 bits per heavy atom. The maximum absolute atomic E-state index is 11.1. The van der Waals surface area contributed by atoms with Crippen LogP contribution in [0.1, 0.15) is 13.8 Å². The van der Waals surface area contributed by atoms with Crippen LogP contribution in [-0.4, -0.2) is 26.5 Å². The summed E-state index contributed by atoms with van der Waals surface area (Å²) >= 11 is 2.59. The number of hydrogen-bond acceptors (Lipinski definition) is 6. The lowest BCUT2D eigenvalue weighted by molar-refractivity contribution is -0.137. The first kappa shape index (κ1) is 13.1. The molecule has 0 aromatic carbocycles. The van der Waals surface area contributed by atoms with Gasteiger partial charge in [-0.2, -0.15) is 0 Å². The van der Waals surface area contributed by atoms with Gasteiger partial charge in [0.2, 0.25) is 0 Å². The molecule has 2 rings (SSSR count). The van der Waals surface area contributed by atoms with Gasteiger partial charge in [0.1, 0.15) is 5.25 Å². The van der Waals surface area contributed by atoms with Crippen LogP contribution in [-0.2, 0) is 4.79 Å². The van der Waals surface area contributed by atoms with Gasteiger partial charge in [0.25, 0.3) is 11.1 Å². The van der Waals surface area contributed by atoms with Gasteiger partial charge in [0.15, 0.2) is 0 Å². The maximum Gasteiger partial charge on any atom is 0.317 e. The fourth-order valence-electron chi connectivity index (χ4n) is 1.34. The molecular formula is C11H12N2O3S2. The first-order chi connectivity index (χ1) is 8.58. The Balaban J connectivity index is 2.13. The Bertz CT molecular complexity index is 522. The van der Waals surface area contributed by atoms with Gasteiger partial charge in [0.05, 0.1) is 4.88 Å². The molecule has 7 heteroatoms. The summed E-state index contributed by atoms with van der Waals surface area (Å²) in [6.45, 7) is 3.70. The van der Waals surface area contributed by atoms with Crippen molar-refractivity contribution in [3.05, 3.63) is 17.5 Å². The van der Waals surface area contributed by atoms with Crippen LogP contribution >= 0.6 is 23.1 Å². The van der Waals surface area contributed by atoms with Gasteiger partial charge in [-0.1, -0.05) is 19.9 Å². The van der Waals surface area contributed by atoms with Gasteiger partial charge in [-0.25, -0.2) is 0 Å². The number of thiophene rings is 1. The Labute approximate surface area is 112 Å². The molecule has 0 aliphatic heterocycles. The van der Waals surface area contributed by atoms with Crippen LogP contribution in [0.2, 0.25) is 0 Å². The standard InChI is InChI=1S/C11H12N2O3S2/c1-6(2)8(10(14)15)18-11-13-12-9(16-11)7-4-3-5-17-7/h3-6,8H,1-2H3,(H,14,15). The third-order valence-corrected chi connectivity index (χ3v) is 4.44. The van der Waals surface area contributed by atoms with Crippen molar-refractivity contribution >= 4 is 29.1 Å². The lowest BCUT2D eigenvalue weighted by Gasteiger charge is -2.12. The van der Waals surface area contributed by atoms with Gasteiger partial charge in [-0.15, -0.1) is 21.5 Å². The van der Waals surface area contributed by atoms with E-state index in [2.05, 4.69) is 10.2 Å². The highest BCUT2D eigenvalue weighted by Crippen LogP contribution is 2.30. The number of thioether (sulfide) groups is 1. The summed E-state index contributed by atoms with van der Waals surface area (Å²) in [6.07, 6.45) is 0. The van der Waals surface area contributed by atoms with E-state index in [1.807, 2.05) is 31.4 Å². The van der Waals surface area contributed by atoms with E-state index in [4.69, 9.17) is 9.52 Å². The largest absolute Gasteiger partial charge is 0.480 e. The van der Waals surface area contributed by atoms with E-state index < -0.39 is 11.2 Å². The zero-order chi connectivity index (χ0) is 13.1. The number of carboxylic acid groups (broad SMARTS) is 1. The topological polar surface area (TPSA) is 76.2 Å². The van der Waals surface area contributed by atoms with Gasteiger partial charge >= 0.3 is 5.97 Å². The second-order valence-corrected chi connectivity index (χ2v) is 6.01. The van der Waals surface area contributed by atoms with Gasteiger partial charge < -0.3 is 9.52 Å². The summed E-state index contributed by atoms with van der Waals surface area (Å²) in [5, 5.41) is 18.5. The van der Waals surface area contributed by atoms with Crippen LogP contribution in [0.5, 0.6) is 0 Å². The monoisotopic (exact) mass is 284 g/mol. The zero-order valence-electron chi connectivity index (χ0n) is 9.86. The molecule has 1 atom stereocenters. The van der Waals surface area contributed by atoms with Crippen molar-refractivity contribution in [2.24, 2.45) is 5.92 Å². The minimum atomic E-state index is -0.870. The molecule has 0 amide bonds. The zero-order valence-corrected chi connectivity index (χ0v) is 11.5. The van der Waals surface area contributed by atoms with E-state index in [0.717, 1.165) is 16.6 Å². The van der Waals surface area contributed by atoms with Gasteiger partial charge in [-0.3, -0.25) is 4.79 Å². The van der Waals surface area contributed by atoms with Crippen LogP contribution in [0.4, 0.5) is 0 Å². The maximum atomic E-state index is 11.1. The number of nitrogens with zero attached hydrogens (tertiary/aromatic N) is 2. The van der Waals surface area contributed by atoms with Crippen molar-refractivity contribution in [1.29, 1.82) is 0 Å². The van der Waals surface area contributed by atoms with Crippen molar-refractivity contribution in [3.8, 4) is 10.8 Å². The molecule has 0 radical (unpaired) electrons. The molecular weight excluding hydrogens is 272 g/mol. The summed E-state index contributed by atoms with van der Waals surface area (Å²) in [5.74, 6) is -0.448. The number of hydrogen-bond donors (Lipinski definition) is 1. The predicted octanol–water partition coefficient (Wildman–Crippen LogP) is 3.00. The Hall–Kier alpha value is -1.34. The molecule has 1 unspecified atom stereocenters. The minimum Gasteiger partial charge on any atom is -0.480 e. The molecule has 18 heavy (non-hydrogen) atoms. The highest BCUT2D eigenvalue weighted by Gasteiger charge is 2.25. The summed E-state index contributed by atoms with van der Waals surface area (Å²) in [6, 6.07) is 3.77.